The summed E-state index contributed by atoms with van der Waals surface area (Å²) < 4.78 is 26.6. The molecule has 0 aliphatic heterocycles. The standard InChI is InChI=1S/C18H18Cl2N2O3S/c1-22(26(24,25)17-9-14(19)8-15(20)10-17)11-12-2-4-13(5-3-12)18(23)21-16-6-7-16/h2-5,8-10,16H,6-7,11H2,1H3,(H,21,23). The molecule has 0 bridgehead atoms. The predicted octanol–water partition coefficient (Wildman–Crippen LogP) is 3.71. The van der Waals surface area contributed by atoms with E-state index in [1.807, 2.05) is 0 Å². The Labute approximate surface area is 163 Å². The first-order valence-electron chi connectivity index (χ1n) is 8.08. The van der Waals surface area contributed by atoms with Gasteiger partial charge in [0.2, 0.25) is 10.0 Å². The topological polar surface area (TPSA) is 66.5 Å². The molecule has 8 heteroatoms. The normalized spacial score (nSPS) is 14.5. The molecule has 5 nitrogen and oxygen atoms in total. The summed E-state index contributed by atoms with van der Waals surface area (Å²) in [7, 11) is -2.25. The third-order valence-corrected chi connectivity index (χ3v) is 6.30. The molecule has 1 N–H and O–H groups in total. The van der Waals surface area contributed by atoms with E-state index in [4.69, 9.17) is 23.2 Å². The van der Waals surface area contributed by atoms with Crippen molar-refractivity contribution < 1.29 is 13.2 Å². The van der Waals surface area contributed by atoms with Crippen molar-refractivity contribution in [2.45, 2.75) is 30.3 Å². The van der Waals surface area contributed by atoms with Crippen LogP contribution < -0.4 is 5.32 Å². The second-order valence-electron chi connectivity index (χ2n) is 6.31. The summed E-state index contributed by atoms with van der Waals surface area (Å²) in [5.41, 5.74) is 1.33. The van der Waals surface area contributed by atoms with Gasteiger partial charge < -0.3 is 5.32 Å². The molecule has 0 saturated heterocycles. The molecule has 1 saturated carbocycles. The number of hydrogen-bond acceptors (Lipinski definition) is 3. The molecule has 0 heterocycles. The molecule has 0 spiro atoms. The Balaban J connectivity index is 1.72. The fourth-order valence-corrected chi connectivity index (χ4v) is 4.34. The lowest BCUT2D eigenvalue weighted by Crippen LogP contribution is -2.27. The molecule has 1 amide bonds. The van der Waals surface area contributed by atoms with Gasteiger partial charge in [-0.1, -0.05) is 35.3 Å². The van der Waals surface area contributed by atoms with Crippen LogP contribution in [-0.2, 0) is 16.6 Å². The van der Waals surface area contributed by atoms with Crippen molar-refractivity contribution in [2.24, 2.45) is 0 Å². The van der Waals surface area contributed by atoms with Gasteiger partial charge >= 0.3 is 0 Å². The number of amides is 1. The number of sulfonamides is 1. The van der Waals surface area contributed by atoms with E-state index in [0.717, 1.165) is 18.4 Å². The maximum atomic E-state index is 12.7. The van der Waals surface area contributed by atoms with Gasteiger partial charge in [-0.2, -0.15) is 4.31 Å². The number of benzene rings is 2. The first-order chi connectivity index (χ1) is 12.3. The predicted molar refractivity (Wildman–Crippen MR) is 102 cm³/mol. The lowest BCUT2D eigenvalue weighted by Gasteiger charge is -2.18. The van der Waals surface area contributed by atoms with Crippen LogP contribution in [0.15, 0.2) is 47.4 Å². The maximum Gasteiger partial charge on any atom is 0.251 e. The Morgan fingerprint density at radius 3 is 2.23 bits per heavy atom. The molecule has 0 aromatic heterocycles. The van der Waals surface area contributed by atoms with E-state index in [1.54, 1.807) is 24.3 Å². The summed E-state index contributed by atoms with van der Waals surface area (Å²) in [6, 6.07) is 11.4. The van der Waals surface area contributed by atoms with Crippen LogP contribution in [0.4, 0.5) is 0 Å². The fourth-order valence-electron chi connectivity index (χ4n) is 2.46. The molecule has 1 aliphatic carbocycles. The van der Waals surface area contributed by atoms with Gasteiger partial charge in [0.05, 0.1) is 4.90 Å². The van der Waals surface area contributed by atoms with Gasteiger partial charge in [-0.05, 0) is 48.7 Å². The van der Waals surface area contributed by atoms with E-state index in [9.17, 15) is 13.2 Å². The summed E-state index contributed by atoms with van der Waals surface area (Å²) >= 11 is 11.8. The third-order valence-electron chi connectivity index (χ3n) is 4.08. The number of carbonyl (C=O) groups excluding carboxylic acids is 1. The highest BCUT2D eigenvalue weighted by Gasteiger charge is 2.24. The van der Waals surface area contributed by atoms with Crippen LogP contribution in [0.5, 0.6) is 0 Å². The molecule has 1 aliphatic rings. The van der Waals surface area contributed by atoms with E-state index < -0.39 is 10.0 Å². The Morgan fingerprint density at radius 2 is 1.69 bits per heavy atom. The van der Waals surface area contributed by atoms with Crippen molar-refractivity contribution in [3.8, 4) is 0 Å². The Hall–Kier alpha value is -1.60. The second-order valence-corrected chi connectivity index (χ2v) is 9.23. The minimum atomic E-state index is -3.73. The van der Waals surface area contributed by atoms with Crippen LogP contribution in [-0.4, -0.2) is 31.7 Å². The Bertz CT molecular complexity index is 906. The minimum absolute atomic E-state index is 0.0398. The molecule has 0 radical (unpaired) electrons. The van der Waals surface area contributed by atoms with Gasteiger partial charge in [-0.15, -0.1) is 0 Å². The molecule has 138 valence electrons. The van der Waals surface area contributed by atoms with E-state index in [-0.39, 0.29) is 27.4 Å². The number of halogens is 2. The summed E-state index contributed by atoms with van der Waals surface area (Å²) in [5, 5.41) is 3.44. The molecular weight excluding hydrogens is 395 g/mol. The maximum absolute atomic E-state index is 12.7. The summed E-state index contributed by atoms with van der Waals surface area (Å²) in [5.74, 6) is -0.103. The number of nitrogens with one attached hydrogen (secondary N) is 1. The summed E-state index contributed by atoms with van der Waals surface area (Å²) in [6.07, 6.45) is 2.06. The van der Waals surface area contributed by atoms with Gasteiger partial charge in [0.15, 0.2) is 0 Å². The van der Waals surface area contributed by atoms with Crippen molar-refractivity contribution in [1.82, 2.24) is 9.62 Å². The third kappa shape index (κ3) is 4.57. The highest BCUT2D eigenvalue weighted by Crippen LogP contribution is 2.25. The van der Waals surface area contributed by atoms with Crippen LogP contribution in [0.1, 0.15) is 28.8 Å². The van der Waals surface area contributed by atoms with Crippen LogP contribution in [0.2, 0.25) is 10.0 Å². The van der Waals surface area contributed by atoms with E-state index in [2.05, 4.69) is 5.32 Å². The number of rotatable bonds is 6. The molecule has 2 aromatic carbocycles. The van der Waals surface area contributed by atoms with Gasteiger partial charge in [-0.3, -0.25) is 4.79 Å². The summed E-state index contributed by atoms with van der Waals surface area (Å²) in [6.45, 7) is 0.164. The zero-order valence-corrected chi connectivity index (χ0v) is 16.4. The van der Waals surface area contributed by atoms with Crippen LogP contribution in [0.3, 0.4) is 0 Å². The zero-order valence-electron chi connectivity index (χ0n) is 14.1. The van der Waals surface area contributed by atoms with Gasteiger partial charge in [0, 0.05) is 35.2 Å². The molecule has 1 fully saturated rings. The van der Waals surface area contributed by atoms with Gasteiger partial charge in [-0.25, -0.2) is 8.42 Å². The molecule has 0 unspecified atom stereocenters. The molecule has 3 rings (SSSR count). The Kier molecular flexibility index (Phi) is 5.58. The Morgan fingerprint density at radius 1 is 1.12 bits per heavy atom. The molecule has 26 heavy (non-hydrogen) atoms. The molecule has 2 aromatic rings. The lowest BCUT2D eigenvalue weighted by molar-refractivity contribution is 0.0951. The van der Waals surface area contributed by atoms with Crippen molar-refractivity contribution in [1.29, 1.82) is 0 Å². The molecular formula is C18H18Cl2N2O3S. The van der Waals surface area contributed by atoms with Crippen LogP contribution in [0, 0.1) is 0 Å². The van der Waals surface area contributed by atoms with E-state index >= 15 is 0 Å². The van der Waals surface area contributed by atoms with Crippen molar-refractivity contribution in [3.05, 3.63) is 63.6 Å². The summed E-state index contributed by atoms with van der Waals surface area (Å²) in [4.78, 5) is 12.0. The monoisotopic (exact) mass is 412 g/mol. The lowest BCUT2D eigenvalue weighted by atomic mass is 10.1. The van der Waals surface area contributed by atoms with Crippen molar-refractivity contribution in [2.75, 3.05) is 7.05 Å². The average Bonchev–Trinajstić information content (AvgIpc) is 3.38. The zero-order chi connectivity index (χ0) is 18.9. The van der Waals surface area contributed by atoms with E-state index in [0.29, 0.717) is 11.6 Å². The highest BCUT2D eigenvalue weighted by atomic mass is 35.5. The van der Waals surface area contributed by atoms with Crippen molar-refractivity contribution in [3.63, 3.8) is 0 Å². The van der Waals surface area contributed by atoms with Gasteiger partial charge in [0.1, 0.15) is 0 Å². The number of nitrogens with zero attached hydrogens (tertiary/aromatic N) is 1. The smallest absolute Gasteiger partial charge is 0.251 e. The van der Waals surface area contributed by atoms with E-state index in [1.165, 1.54) is 29.6 Å². The largest absolute Gasteiger partial charge is 0.349 e. The quantitative estimate of drug-likeness (QED) is 0.785. The highest BCUT2D eigenvalue weighted by molar-refractivity contribution is 7.89. The van der Waals surface area contributed by atoms with Crippen LogP contribution in [0.25, 0.3) is 0 Å². The number of carbonyl (C=O) groups is 1. The molecule has 0 atom stereocenters. The van der Waals surface area contributed by atoms with Gasteiger partial charge in [0.25, 0.3) is 5.91 Å². The average molecular weight is 413 g/mol. The second kappa shape index (κ2) is 7.56. The number of hydrogen-bond donors (Lipinski definition) is 1. The fraction of sp³-hybridized carbons (Fsp3) is 0.278. The van der Waals surface area contributed by atoms with Crippen molar-refractivity contribution >= 4 is 39.1 Å². The first kappa shape index (κ1) is 19.2. The SMILES string of the molecule is CN(Cc1ccc(C(=O)NC2CC2)cc1)S(=O)(=O)c1cc(Cl)cc(Cl)c1. The van der Waals surface area contributed by atoms with Crippen LogP contribution >= 0.6 is 23.2 Å². The minimum Gasteiger partial charge on any atom is -0.349 e. The first-order valence-corrected chi connectivity index (χ1v) is 10.3.